The highest BCUT2D eigenvalue weighted by molar-refractivity contribution is 8.00. The molecular formula is C22H19N3O2S. The van der Waals surface area contributed by atoms with Crippen LogP contribution in [-0.2, 0) is 17.9 Å². The quantitative estimate of drug-likeness (QED) is 0.724. The van der Waals surface area contributed by atoms with Crippen molar-refractivity contribution in [2.75, 3.05) is 10.7 Å². The van der Waals surface area contributed by atoms with Crippen molar-refractivity contribution in [2.45, 2.75) is 18.0 Å². The van der Waals surface area contributed by atoms with Crippen molar-refractivity contribution < 1.29 is 9.59 Å². The van der Waals surface area contributed by atoms with E-state index in [2.05, 4.69) is 10.3 Å². The fourth-order valence-electron chi connectivity index (χ4n) is 3.06. The molecule has 0 fully saturated rings. The molecule has 0 saturated carbocycles. The number of carbonyl (C=O) groups excluding carboxylic acids is 2. The van der Waals surface area contributed by atoms with E-state index in [1.54, 1.807) is 36.3 Å². The van der Waals surface area contributed by atoms with Crippen molar-refractivity contribution in [3.05, 3.63) is 89.7 Å². The molecule has 0 atom stereocenters. The summed E-state index contributed by atoms with van der Waals surface area (Å²) in [4.78, 5) is 31.7. The Morgan fingerprint density at radius 1 is 1.04 bits per heavy atom. The van der Waals surface area contributed by atoms with Crippen molar-refractivity contribution >= 4 is 29.3 Å². The summed E-state index contributed by atoms with van der Waals surface area (Å²) in [5.74, 6) is 0.416. The maximum Gasteiger partial charge on any atom is 0.251 e. The maximum absolute atomic E-state index is 12.4. The summed E-state index contributed by atoms with van der Waals surface area (Å²) in [5.41, 5.74) is 3.47. The minimum absolute atomic E-state index is 0.0991. The van der Waals surface area contributed by atoms with E-state index < -0.39 is 0 Å². The number of para-hydroxylation sites is 1. The number of pyridine rings is 1. The molecule has 1 aromatic heterocycles. The van der Waals surface area contributed by atoms with Crippen LogP contribution in [0, 0.1) is 0 Å². The Balaban J connectivity index is 1.42. The zero-order valence-corrected chi connectivity index (χ0v) is 16.0. The molecule has 0 unspecified atom stereocenters. The first-order chi connectivity index (χ1) is 13.7. The third-order valence-electron chi connectivity index (χ3n) is 4.54. The van der Waals surface area contributed by atoms with Crippen molar-refractivity contribution in [3.8, 4) is 0 Å². The summed E-state index contributed by atoms with van der Waals surface area (Å²) in [5, 5.41) is 2.89. The van der Waals surface area contributed by atoms with Crippen molar-refractivity contribution in [1.29, 1.82) is 0 Å². The number of benzene rings is 2. The predicted octanol–water partition coefficient (Wildman–Crippen LogP) is 3.65. The highest BCUT2D eigenvalue weighted by atomic mass is 32.2. The summed E-state index contributed by atoms with van der Waals surface area (Å²) in [6.45, 7) is 0.930. The summed E-state index contributed by atoms with van der Waals surface area (Å²) in [7, 11) is 0. The molecule has 0 bridgehead atoms. The topological polar surface area (TPSA) is 62.3 Å². The van der Waals surface area contributed by atoms with Gasteiger partial charge in [-0.15, -0.1) is 11.8 Å². The molecule has 28 heavy (non-hydrogen) atoms. The maximum atomic E-state index is 12.4. The molecule has 1 N–H and O–H groups in total. The number of hydrogen-bond donors (Lipinski definition) is 1. The Morgan fingerprint density at radius 3 is 2.64 bits per heavy atom. The normalized spacial score (nSPS) is 13.1. The number of fused-ring (bicyclic) bond motifs is 1. The number of carbonyl (C=O) groups is 2. The van der Waals surface area contributed by atoms with Gasteiger partial charge in [0.25, 0.3) is 5.91 Å². The minimum atomic E-state index is -0.133. The molecule has 0 radical (unpaired) electrons. The summed E-state index contributed by atoms with van der Waals surface area (Å²) in [6.07, 6.45) is 3.43. The van der Waals surface area contributed by atoms with E-state index in [-0.39, 0.29) is 11.8 Å². The van der Waals surface area contributed by atoms with E-state index >= 15 is 0 Å². The first kappa shape index (κ1) is 18.3. The van der Waals surface area contributed by atoms with Crippen LogP contribution in [0.15, 0.2) is 78.0 Å². The van der Waals surface area contributed by atoms with Crippen LogP contribution in [0.5, 0.6) is 0 Å². The number of anilines is 1. The first-order valence-electron chi connectivity index (χ1n) is 8.99. The highest BCUT2D eigenvalue weighted by Gasteiger charge is 2.24. The molecule has 1 aliphatic rings. The van der Waals surface area contributed by atoms with E-state index in [1.807, 2.05) is 53.4 Å². The molecule has 0 spiro atoms. The second kappa shape index (κ2) is 8.27. The number of nitrogens with one attached hydrogen (secondary N) is 1. The molecule has 2 amide bonds. The van der Waals surface area contributed by atoms with Crippen molar-refractivity contribution in [2.24, 2.45) is 0 Å². The molecule has 140 valence electrons. The average molecular weight is 389 g/mol. The van der Waals surface area contributed by atoms with E-state index in [0.717, 1.165) is 21.7 Å². The Bertz CT molecular complexity index is 990. The van der Waals surface area contributed by atoms with Gasteiger partial charge in [0.1, 0.15) is 0 Å². The molecule has 0 aliphatic carbocycles. The third kappa shape index (κ3) is 4.07. The van der Waals surface area contributed by atoms with Gasteiger partial charge in [-0.1, -0.05) is 30.3 Å². The average Bonchev–Trinajstić information content (AvgIpc) is 2.75. The second-order valence-corrected chi connectivity index (χ2v) is 7.49. The Hall–Kier alpha value is -3.12. The minimum Gasteiger partial charge on any atom is -0.348 e. The lowest BCUT2D eigenvalue weighted by atomic mass is 10.1. The molecule has 4 rings (SSSR count). The van der Waals surface area contributed by atoms with Crippen LogP contribution in [0.4, 0.5) is 5.69 Å². The van der Waals surface area contributed by atoms with Gasteiger partial charge in [-0.05, 0) is 41.5 Å². The van der Waals surface area contributed by atoms with Crippen LogP contribution < -0.4 is 10.2 Å². The van der Waals surface area contributed by atoms with Crippen LogP contribution in [0.3, 0.4) is 0 Å². The molecule has 1 aliphatic heterocycles. The van der Waals surface area contributed by atoms with E-state index in [9.17, 15) is 9.59 Å². The fraction of sp³-hybridized carbons (Fsp3) is 0.136. The number of hydrogen-bond acceptors (Lipinski definition) is 4. The zero-order valence-electron chi connectivity index (χ0n) is 15.2. The smallest absolute Gasteiger partial charge is 0.251 e. The monoisotopic (exact) mass is 389 g/mol. The van der Waals surface area contributed by atoms with Gasteiger partial charge in [0.2, 0.25) is 5.91 Å². The first-order valence-corrected chi connectivity index (χ1v) is 9.97. The molecule has 2 aromatic carbocycles. The highest BCUT2D eigenvalue weighted by Crippen LogP contribution is 2.35. The lowest BCUT2D eigenvalue weighted by molar-refractivity contribution is -0.116. The van der Waals surface area contributed by atoms with E-state index in [1.165, 1.54) is 0 Å². The van der Waals surface area contributed by atoms with Gasteiger partial charge in [-0.3, -0.25) is 14.6 Å². The number of aromatic nitrogens is 1. The lowest BCUT2D eigenvalue weighted by Crippen LogP contribution is -2.34. The van der Waals surface area contributed by atoms with E-state index in [4.69, 9.17) is 0 Å². The largest absolute Gasteiger partial charge is 0.348 e. The van der Waals surface area contributed by atoms with Gasteiger partial charge in [0.05, 0.1) is 18.0 Å². The summed E-state index contributed by atoms with van der Waals surface area (Å²) >= 11 is 1.57. The fourth-order valence-corrected chi connectivity index (χ4v) is 3.99. The van der Waals surface area contributed by atoms with Crippen molar-refractivity contribution in [3.63, 3.8) is 0 Å². The molecule has 6 heteroatoms. The van der Waals surface area contributed by atoms with Gasteiger partial charge in [0, 0.05) is 29.4 Å². The number of nitrogens with zero attached hydrogens (tertiary/aromatic N) is 2. The van der Waals surface area contributed by atoms with Crippen LogP contribution >= 0.6 is 11.8 Å². The number of thioether (sulfide) groups is 1. The van der Waals surface area contributed by atoms with Crippen LogP contribution in [0.2, 0.25) is 0 Å². The van der Waals surface area contributed by atoms with Gasteiger partial charge in [-0.2, -0.15) is 0 Å². The lowest BCUT2D eigenvalue weighted by Gasteiger charge is -2.29. The van der Waals surface area contributed by atoms with Crippen LogP contribution in [-0.4, -0.2) is 22.6 Å². The Kier molecular flexibility index (Phi) is 5.39. The van der Waals surface area contributed by atoms with Crippen LogP contribution in [0.1, 0.15) is 21.5 Å². The summed E-state index contributed by atoms with van der Waals surface area (Å²) < 4.78 is 0. The molecule has 5 nitrogen and oxygen atoms in total. The van der Waals surface area contributed by atoms with E-state index in [0.29, 0.717) is 24.4 Å². The SMILES string of the molecule is O=C(NCc1cccnc1)c1ccc(CN2C(=O)CSc3ccccc32)cc1. The summed E-state index contributed by atoms with van der Waals surface area (Å²) in [6, 6.07) is 19.1. The molecule has 3 aromatic rings. The number of rotatable bonds is 5. The molecule has 0 saturated heterocycles. The Labute approximate surface area is 167 Å². The van der Waals surface area contributed by atoms with Gasteiger partial charge in [-0.25, -0.2) is 0 Å². The van der Waals surface area contributed by atoms with Gasteiger partial charge in [0.15, 0.2) is 0 Å². The molecular weight excluding hydrogens is 370 g/mol. The number of amides is 2. The van der Waals surface area contributed by atoms with Gasteiger partial charge < -0.3 is 10.2 Å². The van der Waals surface area contributed by atoms with Crippen molar-refractivity contribution in [1.82, 2.24) is 10.3 Å². The zero-order chi connectivity index (χ0) is 19.3. The van der Waals surface area contributed by atoms with Crippen LogP contribution in [0.25, 0.3) is 0 Å². The van der Waals surface area contributed by atoms with Gasteiger partial charge >= 0.3 is 0 Å². The second-order valence-electron chi connectivity index (χ2n) is 6.48. The third-order valence-corrected chi connectivity index (χ3v) is 5.59. The standard InChI is InChI=1S/C22H19N3O2S/c26-21-15-28-20-6-2-1-5-19(20)25(21)14-16-7-9-18(10-8-16)22(27)24-13-17-4-3-11-23-12-17/h1-12H,13-15H2,(H,24,27). The Morgan fingerprint density at radius 2 is 1.86 bits per heavy atom. The predicted molar refractivity (Wildman–Crippen MR) is 110 cm³/mol. The molecule has 2 heterocycles.